The Labute approximate surface area is 134 Å². The molecule has 2 amide bonds. The highest BCUT2D eigenvalue weighted by molar-refractivity contribution is 7.99. The van der Waals surface area contributed by atoms with Crippen LogP contribution in [0.5, 0.6) is 0 Å². The Hall–Kier alpha value is -1.27. The van der Waals surface area contributed by atoms with Crippen LogP contribution in [0.2, 0.25) is 0 Å². The molecule has 1 aromatic carbocycles. The average molecular weight is 324 g/mol. The molecule has 0 saturated heterocycles. The lowest BCUT2D eigenvalue weighted by atomic mass is 10.0. The van der Waals surface area contributed by atoms with Crippen LogP contribution in [0.1, 0.15) is 30.9 Å². The van der Waals surface area contributed by atoms with E-state index >= 15 is 0 Å². The summed E-state index contributed by atoms with van der Waals surface area (Å²) in [6.07, 6.45) is 2.43. The smallest absolute Gasteiger partial charge is 0.317 e. The van der Waals surface area contributed by atoms with Gasteiger partial charge >= 0.3 is 6.03 Å². The van der Waals surface area contributed by atoms with Gasteiger partial charge in [0.15, 0.2) is 0 Å². The van der Waals surface area contributed by atoms with E-state index in [1.165, 1.54) is 22.7 Å². The first-order valence-corrected chi connectivity index (χ1v) is 8.65. The van der Waals surface area contributed by atoms with Gasteiger partial charge in [0.05, 0.1) is 12.1 Å². The molecule has 3 rings (SSSR count). The maximum Gasteiger partial charge on any atom is 0.317 e. The summed E-state index contributed by atoms with van der Waals surface area (Å²) in [5, 5.41) is 12.9. The summed E-state index contributed by atoms with van der Waals surface area (Å²) in [5.74, 6) is 0.905. The predicted octanol–water partition coefficient (Wildman–Crippen LogP) is 2.77. The summed E-state index contributed by atoms with van der Waals surface area (Å²) in [5.41, 5.74) is 0.848. The second-order valence-corrected chi connectivity index (χ2v) is 7.19. The zero-order valence-corrected chi connectivity index (χ0v) is 13.4. The summed E-state index contributed by atoms with van der Waals surface area (Å²) < 4.78 is 13.8. The van der Waals surface area contributed by atoms with Crippen molar-refractivity contribution in [2.24, 2.45) is 5.92 Å². The highest BCUT2D eigenvalue weighted by Gasteiger charge is 2.32. The van der Waals surface area contributed by atoms with E-state index in [-0.39, 0.29) is 17.9 Å². The van der Waals surface area contributed by atoms with Crippen molar-refractivity contribution in [3.63, 3.8) is 0 Å². The van der Waals surface area contributed by atoms with Gasteiger partial charge in [-0.1, -0.05) is 12.1 Å². The van der Waals surface area contributed by atoms with Crippen molar-refractivity contribution < 1.29 is 14.3 Å². The van der Waals surface area contributed by atoms with Crippen LogP contribution in [0.4, 0.5) is 9.18 Å². The molecular weight excluding hydrogens is 303 g/mol. The molecule has 2 aliphatic rings. The van der Waals surface area contributed by atoms with Crippen LogP contribution in [0.15, 0.2) is 23.1 Å². The number of carbonyl (C=O) groups is 1. The lowest BCUT2D eigenvalue weighted by Gasteiger charge is -2.29. The number of rotatable bonds is 4. The lowest BCUT2D eigenvalue weighted by Crippen LogP contribution is -2.43. The first kappa shape index (κ1) is 15.6. The minimum atomic E-state index is -0.442. The molecule has 2 N–H and O–H groups in total. The number of carbonyl (C=O) groups excluding carboxylic acids is 1. The van der Waals surface area contributed by atoms with Crippen molar-refractivity contribution in [2.75, 3.05) is 19.3 Å². The molecule has 1 saturated carbocycles. The minimum Gasteiger partial charge on any atom is -0.391 e. The number of aliphatic hydroxyl groups is 1. The van der Waals surface area contributed by atoms with E-state index in [0.717, 1.165) is 30.6 Å². The van der Waals surface area contributed by atoms with Gasteiger partial charge in [-0.3, -0.25) is 0 Å². The number of hydrogen-bond acceptors (Lipinski definition) is 3. The summed E-state index contributed by atoms with van der Waals surface area (Å²) >= 11 is 1.50. The SMILES string of the molecule is CN(CC(O)C1CC1)C(=O)NC1CCSc2c(F)cccc21. The maximum absolute atomic E-state index is 13.8. The predicted molar refractivity (Wildman–Crippen MR) is 84.4 cm³/mol. The number of thioether (sulfide) groups is 1. The van der Waals surface area contributed by atoms with Gasteiger partial charge in [-0.05, 0) is 36.8 Å². The van der Waals surface area contributed by atoms with Crippen LogP contribution in [0.3, 0.4) is 0 Å². The summed E-state index contributed by atoms with van der Waals surface area (Å²) in [4.78, 5) is 14.4. The maximum atomic E-state index is 13.8. The zero-order chi connectivity index (χ0) is 15.7. The second kappa shape index (κ2) is 6.46. The van der Waals surface area contributed by atoms with Gasteiger partial charge in [-0.15, -0.1) is 11.8 Å². The summed E-state index contributed by atoms with van der Waals surface area (Å²) in [6, 6.07) is 4.62. The van der Waals surface area contributed by atoms with Crippen molar-refractivity contribution in [3.05, 3.63) is 29.6 Å². The van der Waals surface area contributed by atoms with Crippen molar-refractivity contribution in [1.82, 2.24) is 10.2 Å². The third kappa shape index (κ3) is 3.38. The van der Waals surface area contributed by atoms with E-state index in [1.54, 1.807) is 13.1 Å². The third-order valence-electron chi connectivity index (χ3n) is 4.30. The van der Waals surface area contributed by atoms with Gasteiger partial charge in [0, 0.05) is 24.2 Å². The number of hydrogen-bond donors (Lipinski definition) is 2. The molecule has 2 unspecified atom stereocenters. The molecule has 1 aliphatic carbocycles. The topological polar surface area (TPSA) is 52.6 Å². The van der Waals surface area contributed by atoms with Crippen LogP contribution in [0, 0.1) is 11.7 Å². The molecule has 22 heavy (non-hydrogen) atoms. The second-order valence-electron chi connectivity index (χ2n) is 6.08. The molecule has 0 aromatic heterocycles. The molecule has 0 radical (unpaired) electrons. The van der Waals surface area contributed by atoms with Crippen LogP contribution in [-0.2, 0) is 0 Å². The van der Waals surface area contributed by atoms with E-state index < -0.39 is 6.10 Å². The van der Waals surface area contributed by atoms with Crippen molar-refractivity contribution in [3.8, 4) is 0 Å². The van der Waals surface area contributed by atoms with Gasteiger partial charge in [0.2, 0.25) is 0 Å². The molecule has 1 heterocycles. The van der Waals surface area contributed by atoms with Crippen LogP contribution in [-0.4, -0.2) is 41.5 Å². The highest BCUT2D eigenvalue weighted by atomic mass is 32.2. The van der Waals surface area contributed by atoms with E-state index in [2.05, 4.69) is 5.32 Å². The Morgan fingerprint density at radius 2 is 2.27 bits per heavy atom. The van der Waals surface area contributed by atoms with E-state index in [1.807, 2.05) is 6.07 Å². The number of nitrogens with zero attached hydrogens (tertiary/aromatic N) is 1. The first-order valence-electron chi connectivity index (χ1n) is 7.67. The monoisotopic (exact) mass is 324 g/mol. The van der Waals surface area contributed by atoms with Gasteiger partial charge < -0.3 is 15.3 Å². The van der Waals surface area contributed by atoms with E-state index in [0.29, 0.717) is 17.4 Å². The summed E-state index contributed by atoms with van der Waals surface area (Å²) in [7, 11) is 1.69. The lowest BCUT2D eigenvalue weighted by molar-refractivity contribution is 0.112. The Balaban J connectivity index is 1.63. The molecular formula is C16H21FN2O2S. The Bertz CT molecular complexity index is 565. The van der Waals surface area contributed by atoms with Gasteiger partial charge in [-0.25, -0.2) is 9.18 Å². The third-order valence-corrected chi connectivity index (χ3v) is 5.46. The van der Waals surface area contributed by atoms with Crippen molar-refractivity contribution in [2.45, 2.75) is 36.3 Å². The van der Waals surface area contributed by atoms with Gasteiger partial charge in [-0.2, -0.15) is 0 Å². The normalized spacial score (nSPS) is 21.9. The summed E-state index contributed by atoms with van der Waals surface area (Å²) in [6.45, 7) is 0.341. The molecule has 6 heteroatoms. The van der Waals surface area contributed by atoms with Crippen LogP contribution < -0.4 is 5.32 Å². The van der Waals surface area contributed by atoms with Crippen LogP contribution >= 0.6 is 11.8 Å². The largest absolute Gasteiger partial charge is 0.391 e. The van der Waals surface area contributed by atoms with Crippen molar-refractivity contribution in [1.29, 1.82) is 0 Å². The quantitative estimate of drug-likeness (QED) is 0.895. The highest BCUT2D eigenvalue weighted by Crippen LogP contribution is 2.37. The molecule has 1 aliphatic heterocycles. The molecule has 4 nitrogen and oxygen atoms in total. The molecule has 120 valence electrons. The fourth-order valence-electron chi connectivity index (χ4n) is 2.79. The molecule has 0 bridgehead atoms. The molecule has 0 spiro atoms. The van der Waals surface area contributed by atoms with Crippen molar-refractivity contribution >= 4 is 17.8 Å². The van der Waals surface area contributed by atoms with Gasteiger partial charge in [0.25, 0.3) is 0 Å². The number of fused-ring (bicyclic) bond motifs is 1. The fourth-order valence-corrected chi connectivity index (χ4v) is 3.93. The van der Waals surface area contributed by atoms with Gasteiger partial charge in [0.1, 0.15) is 5.82 Å². The molecule has 2 atom stereocenters. The number of likely N-dealkylation sites (N-methyl/N-ethyl adjacent to an activating group) is 1. The fraction of sp³-hybridized carbons (Fsp3) is 0.562. The first-order chi connectivity index (χ1) is 10.6. The van der Waals surface area contributed by atoms with Crippen LogP contribution in [0.25, 0.3) is 0 Å². The zero-order valence-electron chi connectivity index (χ0n) is 12.6. The van der Waals surface area contributed by atoms with E-state index in [9.17, 15) is 14.3 Å². The Kier molecular flexibility index (Phi) is 4.59. The number of nitrogens with one attached hydrogen (secondary N) is 1. The number of amides is 2. The minimum absolute atomic E-state index is 0.167. The Morgan fingerprint density at radius 3 is 3.00 bits per heavy atom. The average Bonchev–Trinajstić information content (AvgIpc) is 3.33. The molecule has 1 fully saturated rings. The Morgan fingerprint density at radius 1 is 1.50 bits per heavy atom. The number of benzene rings is 1. The van der Waals surface area contributed by atoms with E-state index in [4.69, 9.17) is 0 Å². The standard InChI is InChI=1S/C16H21FN2O2S/c1-19(9-14(20)10-5-6-10)16(21)18-13-7-8-22-15-11(13)3-2-4-12(15)17/h2-4,10,13-14,20H,5-9H2,1H3,(H,18,21). The number of halogens is 1. The number of aliphatic hydroxyl groups excluding tert-OH is 1. The number of urea groups is 1. The molecule has 1 aromatic rings.